The van der Waals surface area contributed by atoms with E-state index in [0.29, 0.717) is 5.95 Å². The first-order valence-electron chi connectivity index (χ1n) is 9.87. The Labute approximate surface area is 165 Å². The van der Waals surface area contributed by atoms with Gasteiger partial charge in [-0.3, -0.25) is 4.90 Å². The summed E-state index contributed by atoms with van der Waals surface area (Å²) in [6, 6.07) is 8.01. The third kappa shape index (κ3) is 4.79. The van der Waals surface area contributed by atoms with Crippen molar-refractivity contribution in [2.75, 3.05) is 86.4 Å². The van der Waals surface area contributed by atoms with E-state index in [0.717, 1.165) is 83.0 Å². The van der Waals surface area contributed by atoms with Crippen molar-refractivity contribution in [3.8, 4) is 0 Å². The summed E-state index contributed by atoms with van der Waals surface area (Å²) >= 11 is 0. The number of anilines is 4. The van der Waals surface area contributed by atoms with Crippen molar-refractivity contribution < 1.29 is 4.74 Å². The summed E-state index contributed by atoms with van der Waals surface area (Å²) in [6.45, 7) is 8.94. The minimum absolute atomic E-state index is 0.304. The van der Waals surface area contributed by atoms with E-state index in [2.05, 4.69) is 41.0 Å². The zero-order chi connectivity index (χ0) is 19.2. The summed E-state index contributed by atoms with van der Waals surface area (Å²) in [5.74, 6) is 2.98. The topological polar surface area (TPSA) is 95.7 Å². The Hall–Kier alpha value is -2.65. The second kappa shape index (κ2) is 9.03. The van der Waals surface area contributed by atoms with Gasteiger partial charge in [-0.25, -0.2) is 4.98 Å². The third-order valence-electron chi connectivity index (χ3n) is 5.14. The number of rotatable bonds is 6. The minimum Gasteiger partial charge on any atom is -0.379 e. The first-order chi connectivity index (χ1) is 13.8. The van der Waals surface area contributed by atoms with Crippen LogP contribution in [0.1, 0.15) is 0 Å². The molecule has 9 heteroatoms. The van der Waals surface area contributed by atoms with E-state index in [1.165, 1.54) is 0 Å². The van der Waals surface area contributed by atoms with Gasteiger partial charge in [-0.1, -0.05) is 6.07 Å². The van der Waals surface area contributed by atoms with Crippen molar-refractivity contribution in [3.63, 3.8) is 0 Å². The molecule has 0 atom stereocenters. The van der Waals surface area contributed by atoms with Crippen molar-refractivity contribution in [1.82, 2.24) is 19.9 Å². The Kier molecular flexibility index (Phi) is 6.03. The maximum Gasteiger partial charge on any atom is 0.223 e. The highest BCUT2D eigenvalue weighted by molar-refractivity contribution is 5.54. The average molecular weight is 384 g/mol. The van der Waals surface area contributed by atoms with Crippen LogP contribution in [0.2, 0.25) is 0 Å². The zero-order valence-corrected chi connectivity index (χ0v) is 16.1. The highest BCUT2D eigenvalue weighted by atomic mass is 16.5. The van der Waals surface area contributed by atoms with Crippen molar-refractivity contribution in [1.29, 1.82) is 0 Å². The smallest absolute Gasteiger partial charge is 0.223 e. The average Bonchev–Trinajstić information content (AvgIpc) is 2.75. The van der Waals surface area contributed by atoms with Gasteiger partial charge >= 0.3 is 0 Å². The van der Waals surface area contributed by atoms with Gasteiger partial charge in [0.15, 0.2) is 0 Å². The van der Waals surface area contributed by atoms with E-state index in [9.17, 15) is 0 Å². The Bertz CT molecular complexity index is 745. The van der Waals surface area contributed by atoms with E-state index >= 15 is 0 Å². The molecule has 2 aromatic heterocycles. The SMILES string of the molecule is Nc1nc(NCCN2CCOCC2)cc(N2CCN(c3ccccn3)CC2)n1. The van der Waals surface area contributed by atoms with Gasteiger partial charge in [0.25, 0.3) is 0 Å². The highest BCUT2D eigenvalue weighted by Crippen LogP contribution is 2.20. The molecule has 4 rings (SSSR count). The van der Waals surface area contributed by atoms with Crippen molar-refractivity contribution in [3.05, 3.63) is 30.5 Å². The van der Waals surface area contributed by atoms with Crippen molar-refractivity contribution in [2.45, 2.75) is 0 Å². The number of nitrogens with zero attached hydrogens (tertiary/aromatic N) is 6. The molecule has 2 fully saturated rings. The van der Waals surface area contributed by atoms with Gasteiger partial charge in [0.2, 0.25) is 5.95 Å². The van der Waals surface area contributed by atoms with Crippen molar-refractivity contribution in [2.24, 2.45) is 0 Å². The van der Waals surface area contributed by atoms with Crippen LogP contribution in [0.25, 0.3) is 0 Å². The Morgan fingerprint density at radius 1 is 0.964 bits per heavy atom. The lowest BCUT2D eigenvalue weighted by Gasteiger charge is -2.36. The lowest BCUT2D eigenvalue weighted by molar-refractivity contribution is 0.0398. The molecule has 150 valence electrons. The van der Waals surface area contributed by atoms with E-state index in [1.807, 2.05) is 24.4 Å². The summed E-state index contributed by atoms with van der Waals surface area (Å²) in [4.78, 5) is 20.2. The fourth-order valence-corrected chi connectivity index (χ4v) is 3.58. The predicted octanol–water partition coefficient (Wildman–Crippen LogP) is 0.525. The van der Waals surface area contributed by atoms with Crippen LogP contribution in [0.5, 0.6) is 0 Å². The van der Waals surface area contributed by atoms with Crippen LogP contribution in [0.15, 0.2) is 30.5 Å². The molecular weight excluding hydrogens is 356 g/mol. The number of piperazine rings is 1. The second-order valence-corrected chi connectivity index (χ2v) is 7.01. The summed E-state index contributed by atoms with van der Waals surface area (Å²) in [5, 5.41) is 3.39. The van der Waals surface area contributed by atoms with Gasteiger partial charge in [-0.15, -0.1) is 0 Å². The number of hydrogen-bond acceptors (Lipinski definition) is 9. The summed E-state index contributed by atoms with van der Waals surface area (Å²) in [6.07, 6.45) is 1.84. The molecule has 0 aromatic carbocycles. The fourth-order valence-electron chi connectivity index (χ4n) is 3.58. The molecule has 2 aromatic rings. The molecule has 0 radical (unpaired) electrons. The van der Waals surface area contributed by atoms with Gasteiger partial charge in [-0.2, -0.15) is 9.97 Å². The Balaban J connectivity index is 1.32. The normalized spacial score (nSPS) is 18.3. The molecule has 2 aliphatic rings. The third-order valence-corrected chi connectivity index (χ3v) is 5.14. The Morgan fingerprint density at radius 3 is 2.43 bits per heavy atom. The molecule has 2 saturated heterocycles. The largest absolute Gasteiger partial charge is 0.379 e. The van der Waals surface area contributed by atoms with Gasteiger partial charge in [0.05, 0.1) is 13.2 Å². The molecule has 0 amide bonds. The van der Waals surface area contributed by atoms with Crippen LogP contribution in [-0.4, -0.2) is 85.4 Å². The van der Waals surface area contributed by atoms with Crippen LogP contribution >= 0.6 is 0 Å². The van der Waals surface area contributed by atoms with E-state index < -0.39 is 0 Å². The molecule has 2 aliphatic heterocycles. The lowest BCUT2D eigenvalue weighted by Crippen LogP contribution is -2.47. The summed E-state index contributed by atoms with van der Waals surface area (Å²) in [7, 11) is 0. The quantitative estimate of drug-likeness (QED) is 0.739. The van der Waals surface area contributed by atoms with Crippen LogP contribution in [-0.2, 0) is 4.74 Å². The standard InChI is InChI=1S/C19H28N8O/c20-19-23-16(21-5-6-25-11-13-28-14-12-25)15-18(24-19)27-9-7-26(8-10-27)17-3-1-2-4-22-17/h1-4,15H,5-14H2,(H3,20,21,23,24). The summed E-state index contributed by atoms with van der Waals surface area (Å²) in [5.41, 5.74) is 5.96. The Morgan fingerprint density at radius 2 is 1.71 bits per heavy atom. The number of ether oxygens (including phenoxy) is 1. The second-order valence-electron chi connectivity index (χ2n) is 7.01. The van der Waals surface area contributed by atoms with E-state index in [-0.39, 0.29) is 0 Å². The molecule has 3 N–H and O–H groups in total. The monoisotopic (exact) mass is 384 g/mol. The lowest BCUT2D eigenvalue weighted by atomic mass is 10.3. The maximum atomic E-state index is 5.96. The van der Waals surface area contributed by atoms with Gasteiger partial charge < -0.3 is 25.6 Å². The summed E-state index contributed by atoms with van der Waals surface area (Å²) < 4.78 is 5.39. The molecule has 0 aliphatic carbocycles. The van der Waals surface area contributed by atoms with Crippen LogP contribution < -0.4 is 20.9 Å². The number of morpholine rings is 1. The molecule has 0 bridgehead atoms. The first-order valence-corrected chi connectivity index (χ1v) is 9.87. The first kappa shape index (κ1) is 18.7. The zero-order valence-electron chi connectivity index (χ0n) is 16.1. The van der Waals surface area contributed by atoms with E-state index in [4.69, 9.17) is 10.5 Å². The number of hydrogen-bond donors (Lipinski definition) is 2. The van der Waals surface area contributed by atoms with E-state index in [1.54, 1.807) is 0 Å². The molecule has 0 saturated carbocycles. The maximum absolute atomic E-state index is 5.96. The predicted molar refractivity (Wildman–Crippen MR) is 111 cm³/mol. The van der Waals surface area contributed by atoms with Gasteiger partial charge in [0.1, 0.15) is 17.5 Å². The number of pyridine rings is 1. The molecule has 0 spiro atoms. The van der Waals surface area contributed by atoms with Crippen molar-refractivity contribution >= 4 is 23.4 Å². The number of nitrogens with two attached hydrogens (primary N) is 1. The fraction of sp³-hybridized carbons (Fsp3) is 0.526. The molecular formula is C19H28N8O. The molecule has 4 heterocycles. The molecule has 28 heavy (non-hydrogen) atoms. The number of nitrogen functional groups attached to an aromatic ring is 1. The van der Waals surface area contributed by atoms with Crippen LogP contribution in [0.3, 0.4) is 0 Å². The van der Waals surface area contributed by atoms with Gasteiger partial charge in [0, 0.05) is 64.6 Å². The molecule has 0 unspecified atom stereocenters. The van der Waals surface area contributed by atoms with Crippen LogP contribution in [0, 0.1) is 0 Å². The number of aromatic nitrogens is 3. The van der Waals surface area contributed by atoms with Crippen LogP contribution in [0.4, 0.5) is 23.4 Å². The molecule has 9 nitrogen and oxygen atoms in total. The number of nitrogens with one attached hydrogen (secondary N) is 1. The van der Waals surface area contributed by atoms with Gasteiger partial charge in [-0.05, 0) is 12.1 Å². The minimum atomic E-state index is 0.304. The highest BCUT2D eigenvalue weighted by Gasteiger charge is 2.20.